The predicted octanol–water partition coefficient (Wildman–Crippen LogP) is 3.60. The second-order valence-corrected chi connectivity index (χ2v) is 8.47. The van der Waals surface area contributed by atoms with Crippen LogP contribution in [-0.2, 0) is 13.0 Å². The minimum absolute atomic E-state index is 0.211. The molecule has 1 aliphatic carbocycles. The molecule has 0 spiro atoms. The summed E-state index contributed by atoms with van der Waals surface area (Å²) in [5, 5.41) is 0. The molecule has 0 saturated carbocycles. The van der Waals surface area contributed by atoms with Crippen LogP contribution in [0.1, 0.15) is 51.4 Å². The quantitative estimate of drug-likeness (QED) is 0.906. The molecule has 1 aromatic heterocycles. The first-order chi connectivity index (χ1) is 8.24. The molecule has 1 heterocycles. The summed E-state index contributed by atoms with van der Waals surface area (Å²) in [5.74, 6) is 0. The van der Waals surface area contributed by atoms with Crippen molar-refractivity contribution in [1.29, 1.82) is 0 Å². The lowest BCUT2D eigenvalue weighted by Gasteiger charge is -2.35. The van der Waals surface area contributed by atoms with Gasteiger partial charge in [0.15, 0.2) is 0 Å². The fourth-order valence-corrected chi connectivity index (χ4v) is 3.19. The Morgan fingerprint density at radius 2 is 2.17 bits per heavy atom. The highest BCUT2D eigenvalue weighted by Crippen LogP contribution is 2.40. The topological polar surface area (TPSA) is 30.9 Å². The zero-order valence-corrected chi connectivity index (χ0v) is 13.1. The zero-order valence-electron chi connectivity index (χ0n) is 12.3. The molecule has 0 aliphatic heterocycles. The monoisotopic (exact) mass is 266 g/mol. The van der Waals surface area contributed by atoms with Crippen LogP contribution in [0.3, 0.4) is 0 Å². The van der Waals surface area contributed by atoms with Gasteiger partial charge in [-0.15, -0.1) is 0 Å². The highest BCUT2D eigenvalue weighted by Gasteiger charge is 2.33. The van der Waals surface area contributed by atoms with Crippen LogP contribution in [0.25, 0.3) is 0 Å². The normalized spacial score (nSPS) is 22.9. The molecule has 0 amide bonds. The van der Waals surface area contributed by atoms with Crippen molar-refractivity contribution in [3.05, 3.63) is 23.5 Å². The van der Waals surface area contributed by atoms with Gasteiger partial charge in [0.2, 0.25) is 0 Å². The molecule has 102 valence electrons. The molecule has 1 aliphatic rings. The van der Waals surface area contributed by atoms with Crippen molar-refractivity contribution in [3.63, 3.8) is 0 Å². The van der Waals surface area contributed by atoms with Crippen LogP contribution in [0.15, 0.2) is 12.3 Å². The molecule has 0 fully saturated rings. The first-order valence-corrected chi connectivity index (χ1v) is 7.95. The molecule has 1 aromatic rings. The van der Waals surface area contributed by atoms with Crippen LogP contribution in [0.2, 0.25) is 0 Å². The van der Waals surface area contributed by atoms with E-state index in [1.807, 2.05) is 11.8 Å². The average Bonchev–Trinajstić information content (AvgIpc) is 2.59. The summed E-state index contributed by atoms with van der Waals surface area (Å²) in [5.41, 5.74) is 9.46. The molecule has 1 atom stereocenters. The molecule has 2 rings (SSSR count). The molecule has 2 N–H and O–H groups in total. The number of nitrogens with zero attached hydrogens (tertiary/aromatic N) is 1. The molecule has 2 nitrogen and oxygen atoms in total. The number of rotatable bonds is 3. The third-order valence-electron chi connectivity index (χ3n) is 4.04. The van der Waals surface area contributed by atoms with Crippen LogP contribution in [0.5, 0.6) is 0 Å². The van der Waals surface area contributed by atoms with E-state index in [4.69, 9.17) is 5.73 Å². The summed E-state index contributed by atoms with van der Waals surface area (Å²) in [7, 11) is 0. The standard InChI is InChI=1S/C15H26N2S/c1-14(2)8-12(16)11-6-7-17(13(11)9-14)10-15(3,4)18-5/h6-7,12H,8-10,16H2,1-5H3. The Morgan fingerprint density at radius 3 is 2.78 bits per heavy atom. The number of nitrogens with two attached hydrogens (primary N) is 1. The SMILES string of the molecule is CSC(C)(C)Cn1ccc2c1CC(C)(C)CC2N. The van der Waals surface area contributed by atoms with E-state index in [2.05, 4.69) is 50.8 Å². The summed E-state index contributed by atoms with van der Waals surface area (Å²) in [4.78, 5) is 0. The van der Waals surface area contributed by atoms with Gasteiger partial charge in [0.05, 0.1) is 0 Å². The smallest absolute Gasteiger partial charge is 0.0364 e. The molecule has 3 heteroatoms. The second-order valence-electron chi connectivity index (χ2n) is 6.96. The van der Waals surface area contributed by atoms with E-state index in [0.29, 0.717) is 5.41 Å². The summed E-state index contributed by atoms with van der Waals surface area (Å²) in [6.07, 6.45) is 6.65. The fraction of sp³-hybridized carbons (Fsp3) is 0.733. The van der Waals surface area contributed by atoms with Crippen LogP contribution < -0.4 is 5.73 Å². The summed E-state index contributed by atoms with van der Waals surface area (Å²) < 4.78 is 2.70. The Balaban J connectivity index is 2.31. The Labute approximate surface area is 115 Å². The molecular formula is C15H26N2S. The van der Waals surface area contributed by atoms with Gasteiger partial charge in [-0.05, 0) is 50.0 Å². The van der Waals surface area contributed by atoms with Crippen LogP contribution in [-0.4, -0.2) is 15.6 Å². The number of fused-ring (bicyclic) bond motifs is 1. The van der Waals surface area contributed by atoms with Crippen LogP contribution in [0, 0.1) is 5.41 Å². The number of hydrogen-bond donors (Lipinski definition) is 1. The van der Waals surface area contributed by atoms with Crippen molar-refractivity contribution in [3.8, 4) is 0 Å². The minimum atomic E-state index is 0.211. The maximum absolute atomic E-state index is 6.31. The van der Waals surface area contributed by atoms with E-state index < -0.39 is 0 Å². The first-order valence-electron chi connectivity index (χ1n) is 6.73. The Hall–Kier alpha value is -0.410. The van der Waals surface area contributed by atoms with E-state index >= 15 is 0 Å². The lowest BCUT2D eigenvalue weighted by Crippen LogP contribution is -2.32. The van der Waals surface area contributed by atoms with Crippen molar-refractivity contribution in [2.75, 3.05) is 6.26 Å². The molecule has 0 saturated heterocycles. The van der Waals surface area contributed by atoms with E-state index in [1.54, 1.807) is 0 Å². The third-order valence-corrected chi connectivity index (χ3v) is 5.27. The van der Waals surface area contributed by atoms with Crippen molar-refractivity contribution < 1.29 is 0 Å². The summed E-state index contributed by atoms with van der Waals surface area (Å²) in [6.45, 7) is 10.3. The molecule has 1 unspecified atom stereocenters. The minimum Gasteiger partial charge on any atom is -0.350 e. The van der Waals surface area contributed by atoms with Crippen molar-refractivity contribution in [1.82, 2.24) is 4.57 Å². The average molecular weight is 266 g/mol. The van der Waals surface area contributed by atoms with E-state index in [1.165, 1.54) is 11.3 Å². The first kappa shape index (κ1) is 14.0. The highest BCUT2D eigenvalue weighted by molar-refractivity contribution is 7.99. The van der Waals surface area contributed by atoms with Crippen molar-refractivity contribution in [2.24, 2.45) is 11.1 Å². The third kappa shape index (κ3) is 2.77. The fourth-order valence-electron chi connectivity index (χ4n) is 2.92. The maximum atomic E-state index is 6.31. The van der Waals surface area contributed by atoms with Crippen molar-refractivity contribution >= 4 is 11.8 Å². The van der Waals surface area contributed by atoms with Gasteiger partial charge < -0.3 is 10.3 Å². The number of hydrogen-bond acceptors (Lipinski definition) is 2. The summed E-state index contributed by atoms with van der Waals surface area (Å²) >= 11 is 1.92. The Bertz CT molecular complexity index is 432. The van der Waals surface area contributed by atoms with Gasteiger partial charge in [-0.25, -0.2) is 0 Å². The van der Waals surface area contributed by atoms with Gasteiger partial charge in [-0.1, -0.05) is 13.8 Å². The lowest BCUT2D eigenvalue weighted by molar-refractivity contribution is 0.274. The molecule has 0 bridgehead atoms. The molecule has 0 radical (unpaired) electrons. The van der Waals surface area contributed by atoms with Gasteiger partial charge in [0.1, 0.15) is 0 Å². The number of aromatic nitrogens is 1. The van der Waals surface area contributed by atoms with Crippen molar-refractivity contribution in [2.45, 2.75) is 57.9 Å². The maximum Gasteiger partial charge on any atom is 0.0364 e. The number of thioether (sulfide) groups is 1. The van der Waals surface area contributed by atoms with Crippen LogP contribution >= 0.6 is 11.8 Å². The van der Waals surface area contributed by atoms with Gasteiger partial charge >= 0.3 is 0 Å². The zero-order chi connectivity index (χ0) is 13.6. The molecule has 18 heavy (non-hydrogen) atoms. The van der Waals surface area contributed by atoms with Gasteiger partial charge in [-0.3, -0.25) is 0 Å². The van der Waals surface area contributed by atoms with E-state index in [-0.39, 0.29) is 10.8 Å². The molecular weight excluding hydrogens is 240 g/mol. The van der Waals surface area contributed by atoms with E-state index in [0.717, 1.165) is 19.4 Å². The molecule has 0 aromatic carbocycles. The van der Waals surface area contributed by atoms with Gasteiger partial charge in [0.25, 0.3) is 0 Å². The second kappa shape index (κ2) is 4.61. The predicted molar refractivity (Wildman–Crippen MR) is 81.1 cm³/mol. The van der Waals surface area contributed by atoms with Crippen LogP contribution in [0.4, 0.5) is 0 Å². The lowest BCUT2D eigenvalue weighted by atomic mass is 9.74. The van der Waals surface area contributed by atoms with Gasteiger partial charge in [0, 0.05) is 29.2 Å². The summed E-state index contributed by atoms with van der Waals surface area (Å²) in [6, 6.07) is 2.44. The Kier molecular flexibility index (Phi) is 3.58. The van der Waals surface area contributed by atoms with E-state index in [9.17, 15) is 0 Å². The highest BCUT2D eigenvalue weighted by atomic mass is 32.2. The Morgan fingerprint density at radius 1 is 1.50 bits per heavy atom. The van der Waals surface area contributed by atoms with Gasteiger partial charge in [-0.2, -0.15) is 11.8 Å². The largest absolute Gasteiger partial charge is 0.350 e.